The molecule has 1 rings (SSSR count). The van der Waals surface area contributed by atoms with Crippen molar-refractivity contribution in [2.45, 2.75) is 13.1 Å². The fourth-order valence-electron chi connectivity index (χ4n) is 0.783. The molecule has 0 heterocycles. The van der Waals surface area contributed by atoms with E-state index in [4.69, 9.17) is 11.2 Å². The molecule has 10 heavy (non-hydrogen) atoms. The van der Waals surface area contributed by atoms with Gasteiger partial charge >= 0.3 is 0 Å². The van der Waals surface area contributed by atoms with Gasteiger partial charge in [0.1, 0.15) is 0 Å². The molecule has 0 saturated carbocycles. The maximum absolute atomic E-state index is 5.60. The van der Waals surface area contributed by atoms with E-state index in [0.717, 1.165) is 6.16 Å². The lowest BCUT2D eigenvalue weighted by atomic mass is 10.2. The topological polar surface area (TPSA) is 0 Å². The van der Waals surface area contributed by atoms with E-state index < -0.39 is 0 Å². The van der Waals surface area contributed by atoms with Crippen LogP contribution in [0.3, 0.4) is 0 Å². The van der Waals surface area contributed by atoms with Crippen LogP contribution in [0.25, 0.3) is 0 Å². The van der Waals surface area contributed by atoms with Crippen LogP contribution in [0.15, 0.2) is 24.3 Å². The van der Waals surface area contributed by atoms with E-state index in [1.165, 1.54) is 11.1 Å². The van der Waals surface area contributed by atoms with Gasteiger partial charge in [-0.1, -0.05) is 41.1 Å². The Morgan fingerprint density at radius 1 is 1.30 bits per heavy atom. The van der Waals surface area contributed by atoms with Gasteiger partial charge in [0.2, 0.25) is 0 Å². The Kier molecular flexibility index (Phi) is 3.18. The minimum absolute atomic E-state index is 0.504. The summed E-state index contributed by atoms with van der Waals surface area (Å²) in [5, 5.41) is 0. The van der Waals surface area contributed by atoms with Crippen LogP contribution in [0.5, 0.6) is 0 Å². The Balaban J connectivity index is 2.69. The van der Waals surface area contributed by atoms with Crippen LogP contribution < -0.4 is 0 Å². The van der Waals surface area contributed by atoms with Crippen molar-refractivity contribution in [3.63, 3.8) is 0 Å². The lowest BCUT2D eigenvalue weighted by molar-refractivity contribution is 1.37. The van der Waals surface area contributed by atoms with Gasteiger partial charge in [0.05, 0.1) is 0 Å². The molecule has 0 aliphatic carbocycles. The van der Waals surface area contributed by atoms with Gasteiger partial charge in [-0.3, -0.25) is 0 Å². The van der Waals surface area contributed by atoms with E-state index in [9.17, 15) is 0 Å². The largest absolute Gasteiger partial charge is 0.0997 e. The predicted molar refractivity (Wildman–Crippen MR) is 49.1 cm³/mol. The van der Waals surface area contributed by atoms with Gasteiger partial charge in [-0.2, -0.15) is 0 Å². The fourth-order valence-corrected chi connectivity index (χ4v) is 1.64. The van der Waals surface area contributed by atoms with Crippen molar-refractivity contribution in [1.29, 1.82) is 0 Å². The maximum atomic E-state index is 5.60. The standard InChI is InChI=1S/C8H10ClP/c1-7-2-4-8(5-3-7)6-10-9/h2-5,10H,6H2,1H3. The van der Waals surface area contributed by atoms with Gasteiger partial charge in [-0.25, -0.2) is 0 Å². The third-order valence-corrected chi connectivity index (χ3v) is 2.33. The number of halogens is 1. The van der Waals surface area contributed by atoms with Gasteiger partial charge in [-0.05, 0) is 20.4 Å². The summed E-state index contributed by atoms with van der Waals surface area (Å²) < 4.78 is 0. The van der Waals surface area contributed by atoms with Crippen molar-refractivity contribution in [3.05, 3.63) is 35.4 Å². The fraction of sp³-hybridized carbons (Fsp3) is 0.250. The lowest BCUT2D eigenvalue weighted by Crippen LogP contribution is -1.76. The second-order valence-electron chi connectivity index (χ2n) is 2.30. The van der Waals surface area contributed by atoms with Crippen LogP contribution in [0, 0.1) is 6.92 Å². The summed E-state index contributed by atoms with van der Waals surface area (Å²) in [5.74, 6) is 0. The second-order valence-corrected chi connectivity index (χ2v) is 3.72. The summed E-state index contributed by atoms with van der Waals surface area (Å²) >= 11 is 5.60. The number of rotatable bonds is 2. The van der Waals surface area contributed by atoms with E-state index in [1.807, 2.05) is 0 Å². The Hall–Kier alpha value is -0.0600. The average Bonchev–Trinajstić information content (AvgIpc) is 1.95. The molecule has 1 aromatic carbocycles. The van der Waals surface area contributed by atoms with Gasteiger partial charge in [0.25, 0.3) is 0 Å². The van der Waals surface area contributed by atoms with Gasteiger partial charge in [0, 0.05) is 6.16 Å². The first kappa shape index (κ1) is 8.04. The highest BCUT2D eigenvalue weighted by atomic mass is 35.7. The number of aryl methyl sites for hydroxylation is 1. The Morgan fingerprint density at radius 2 is 1.90 bits per heavy atom. The van der Waals surface area contributed by atoms with Crippen LogP contribution in [-0.2, 0) is 6.16 Å². The third-order valence-electron chi connectivity index (χ3n) is 1.39. The van der Waals surface area contributed by atoms with Crippen molar-refractivity contribution >= 4 is 19.2 Å². The zero-order valence-corrected chi connectivity index (χ0v) is 7.65. The third kappa shape index (κ3) is 2.28. The molecule has 0 radical (unpaired) electrons. The Bertz CT molecular complexity index is 193. The first-order valence-corrected chi connectivity index (χ1v) is 5.44. The van der Waals surface area contributed by atoms with E-state index in [1.54, 1.807) is 0 Å². The molecule has 0 bridgehead atoms. The molecule has 0 saturated heterocycles. The monoisotopic (exact) mass is 172 g/mol. The average molecular weight is 173 g/mol. The molecule has 0 spiro atoms. The summed E-state index contributed by atoms with van der Waals surface area (Å²) in [6, 6.07) is 8.49. The first-order valence-electron chi connectivity index (χ1n) is 3.22. The van der Waals surface area contributed by atoms with Gasteiger partial charge < -0.3 is 0 Å². The molecule has 54 valence electrons. The summed E-state index contributed by atoms with van der Waals surface area (Å²) in [6.07, 6.45) is 1.00. The molecule has 0 fully saturated rings. The molecule has 0 amide bonds. The van der Waals surface area contributed by atoms with Gasteiger partial charge in [-0.15, -0.1) is 0 Å². The molecule has 0 aliphatic rings. The number of hydrogen-bond acceptors (Lipinski definition) is 0. The predicted octanol–water partition coefficient (Wildman–Crippen LogP) is 3.33. The quantitative estimate of drug-likeness (QED) is 0.601. The number of benzene rings is 1. The summed E-state index contributed by atoms with van der Waals surface area (Å²) in [6.45, 7) is 2.09. The highest BCUT2D eigenvalue weighted by Crippen LogP contribution is 2.22. The van der Waals surface area contributed by atoms with E-state index in [0.29, 0.717) is 7.93 Å². The smallest absolute Gasteiger partial charge is 0.00384 e. The summed E-state index contributed by atoms with van der Waals surface area (Å²) in [7, 11) is 0.504. The highest BCUT2D eigenvalue weighted by molar-refractivity contribution is 7.67. The van der Waals surface area contributed by atoms with Crippen molar-refractivity contribution in [2.24, 2.45) is 0 Å². The zero-order chi connectivity index (χ0) is 7.40. The molecule has 1 unspecified atom stereocenters. The van der Waals surface area contributed by atoms with Crippen LogP contribution in [0.4, 0.5) is 0 Å². The highest BCUT2D eigenvalue weighted by Gasteiger charge is 1.88. The molecule has 2 heteroatoms. The van der Waals surface area contributed by atoms with Crippen molar-refractivity contribution in [3.8, 4) is 0 Å². The van der Waals surface area contributed by atoms with Crippen LogP contribution in [0.1, 0.15) is 11.1 Å². The minimum Gasteiger partial charge on any atom is -0.0997 e. The van der Waals surface area contributed by atoms with Crippen molar-refractivity contribution < 1.29 is 0 Å². The van der Waals surface area contributed by atoms with Crippen molar-refractivity contribution in [2.75, 3.05) is 0 Å². The number of hydrogen-bond donors (Lipinski definition) is 0. The summed E-state index contributed by atoms with van der Waals surface area (Å²) in [5.41, 5.74) is 2.64. The Morgan fingerprint density at radius 3 is 2.40 bits per heavy atom. The lowest BCUT2D eigenvalue weighted by Gasteiger charge is -1.96. The maximum Gasteiger partial charge on any atom is 0.00384 e. The van der Waals surface area contributed by atoms with E-state index >= 15 is 0 Å². The molecule has 0 nitrogen and oxygen atoms in total. The molecule has 0 N–H and O–H groups in total. The molecule has 0 aliphatic heterocycles. The molecular weight excluding hydrogens is 163 g/mol. The van der Waals surface area contributed by atoms with Crippen LogP contribution in [-0.4, -0.2) is 0 Å². The molecular formula is C8H10ClP. The van der Waals surface area contributed by atoms with Gasteiger partial charge in [0.15, 0.2) is 0 Å². The molecule has 1 atom stereocenters. The van der Waals surface area contributed by atoms with Crippen LogP contribution in [0.2, 0.25) is 0 Å². The minimum atomic E-state index is 0.504. The molecule has 0 aromatic heterocycles. The van der Waals surface area contributed by atoms with E-state index in [-0.39, 0.29) is 0 Å². The Labute approximate surface area is 68.2 Å². The van der Waals surface area contributed by atoms with Crippen molar-refractivity contribution in [1.82, 2.24) is 0 Å². The molecule has 1 aromatic rings. The zero-order valence-electron chi connectivity index (χ0n) is 5.89. The SMILES string of the molecule is Cc1ccc(CPCl)cc1. The normalized spacial score (nSPS) is 11.0. The van der Waals surface area contributed by atoms with E-state index in [2.05, 4.69) is 31.2 Å². The first-order chi connectivity index (χ1) is 4.83. The van der Waals surface area contributed by atoms with Crippen LogP contribution >= 0.6 is 19.2 Å². The second kappa shape index (κ2) is 3.95. The summed E-state index contributed by atoms with van der Waals surface area (Å²) in [4.78, 5) is 0.